The molecule has 0 saturated carbocycles. The van der Waals surface area contributed by atoms with E-state index in [0.717, 1.165) is 0 Å². The van der Waals surface area contributed by atoms with Gasteiger partial charge in [-0.1, -0.05) is 12.1 Å². The van der Waals surface area contributed by atoms with Crippen molar-refractivity contribution in [2.75, 3.05) is 0 Å². The maximum atomic E-state index is 11.7. The van der Waals surface area contributed by atoms with Crippen molar-refractivity contribution in [2.45, 2.75) is 18.4 Å². The molecular weight excluding hydrogens is 282 g/mol. The molecule has 0 aliphatic carbocycles. The number of nitrogens with zero attached hydrogens (tertiary/aromatic N) is 2. The van der Waals surface area contributed by atoms with E-state index in [4.69, 9.17) is 5.14 Å². The summed E-state index contributed by atoms with van der Waals surface area (Å²) in [7, 11) is -3.76. The molecule has 0 spiro atoms. The van der Waals surface area contributed by atoms with E-state index in [2.05, 4.69) is 20.5 Å². The number of hydrogen-bond acceptors (Lipinski definition) is 5. The second kappa shape index (κ2) is 5.39. The van der Waals surface area contributed by atoms with Crippen LogP contribution in [0.3, 0.4) is 0 Å². The fourth-order valence-electron chi connectivity index (χ4n) is 1.54. The SMILES string of the molecule is Cc1nc(C(=O)NCc2cccc(S(N)(=O)=O)c2)n[nH]1. The zero-order valence-electron chi connectivity index (χ0n) is 10.6. The number of nitrogens with two attached hydrogens (primary N) is 1. The number of benzene rings is 1. The number of rotatable bonds is 4. The summed E-state index contributed by atoms with van der Waals surface area (Å²) >= 11 is 0. The summed E-state index contributed by atoms with van der Waals surface area (Å²) in [4.78, 5) is 15.6. The van der Waals surface area contributed by atoms with E-state index in [1.54, 1.807) is 19.1 Å². The molecule has 106 valence electrons. The highest BCUT2D eigenvalue weighted by molar-refractivity contribution is 7.89. The van der Waals surface area contributed by atoms with Crippen LogP contribution < -0.4 is 10.5 Å². The molecule has 8 nitrogen and oxygen atoms in total. The van der Waals surface area contributed by atoms with Gasteiger partial charge in [-0.25, -0.2) is 18.5 Å². The Kier molecular flexibility index (Phi) is 3.81. The Morgan fingerprint density at radius 1 is 1.45 bits per heavy atom. The van der Waals surface area contributed by atoms with E-state index < -0.39 is 15.9 Å². The van der Waals surface area contributed by atoms with Gasteiger partial charge in [0, 0.05) is 6.54 Å². The highest BCUT2D eigenvalue weighted by Gasteiger charge is 2.12. The van der Waals surface area contributed by atoms with E-state index >= 15 is 0 Å². The zero-order chi connectivity index (χ0) is 14.8. The van der Waals surface area contributed by atoms with Gasteiger partial charge in [0.2, 0.25) is 15.8 Å². The van der Waals surface area contributed by atoms with Gasteiger partial charge in [0.15, 0.2) is 0 Å². The molecule has 2 rings (SSSR count). The Labute approximate surface area is 115 Å². The van der Waals surface area contributed by atoms with Crippen molar-refractivity contribution in [3.8, 4) is 0 Å². The van der Waals surface area contributed by atoms with Gasteiger partial charge in [-0.15, -0.1) is 5.10 Å². The van der Waals surface area contributed by atoms with Crippen molar-refractivity contribution in [3.05, 3.63) is 41.5 Å². The van der Waals surface area contributed by atoms with Crippen molar-refractivity contribution in [3.63, 3.8) is 0 Å². The largest absolute Gasteiger partial charge is 0.345 e. The average Bonchev–Trinajstić information content (AvgIpc) is 2.82. The summed E-state index contributed by atoms with van der Waals surface area (Å²) in [5, 5.41) is 13.9. The zero-order valence-corrected chi connectivity index (χ0v) is 11.4. The van der Waals surface area contributed by atoms with Crippen LogP contribution in [0.5, 0.6) is 0 Å². The number of aromatic amines is 1. The van der Waals surface area contributed by atoms with E-state index in [1.165, 1.54) is 12.1 Å². The quantitative estimate of drug-likeness (QED) is 0.712. The molecule has 0 unspecified atom stereocenters. The van der Waals surface area contributed by atoms with Gasteiger partial charge < -0.3 is 5.32 Å². The van der Waals surface area contributed by atoms with Gasteiger partial charge in [-0.2, -0.15) is 0 Å². The molecule has 4 N–H and O–H groups in total. The molecule has 0 bridgehead atoms. The molecule has 0 aliphatic heterocycles. The van der Waals surface area contributed by atoms with Gasteiger partial charge >= 0.3 is 0 Å². The number of primary sulfonamides is 1. The summed E-state index contributed by atoms with van der Waals surface area (Å²) in [6.07, 6.45) is 0. The Balaban J connectivity index is 2.06. The van der Waals surface area contributed by atoms with Crippen LogP contribution in [0.1, 0.15) is 22.0 Å². The number of sulfonamides is 1. The summed E-state index contributed by atoms with van der Waals surface area (Å²) in [6, 6.07) is 6.02. The summed E-state index contributed by atoms with van der Waals surface area (Å²) in [5.74, 6) is 0.117. The van der Waals surface area contributed by atoms with E-state index in [9.17, 15) is 13.2 Å². The fourth-order valence-corrected chi connectivity index (χ4v) is 2.12. The smallest absolute Gasteiger partial charge is 0.291 e. The lowest BCUT2D eigenvalue weighted by molar-refractivity contribution is 0.0941. The molecule has 0 fully saturated rings. The van der Waals surface area contributed by atoms with Crippen LogP contribution >= 0.6 is 0 Å². The molecule has 1 aromatic heterocycles. The molecule has 20 heavy (non-hydrogen) atoms. The Hall–Kier alpha value is -2.26. The van der Waals surface area contributed by atoms with Crippen molar-refractivity contribution in [2.24, 2.45) is 5.14 Å². The second-order valence-corrected chi connectivity index (χ2v) is 5.68. The summed E-state index contributed by atoms with van der Waals surface area (Å²) in [6.45, 7) is 1.83. The van der Waals surface area contributed by atoms with Gasteiger partial charge in [0.25, 0.3) is 5.91 Å². The molecule has 1 amide bonds. The van der Waals surface area contributed by atoms with Crippen LogP contribution in [-0.2, 0) is 16.6 Å². The minimum Gasteiger partial charge on any atom is -0.345 e. The standard InChI is InChI=1S/C11H13N5O3S/c1-7-14-10(16-15-7)11(17)13-6-8-3-2-4-9(5-8)20(12,18)19/h2-5H,6H2,1H3,(H,13,17)(H2,12,18,19)(H,14,15,16). The van der Waals surface area contributed by atoms with E-state index in [0.29, 0.717) is 11.4 Å². The molecule has 9 heteroatoms. The highest BCUT2D eigenvalue weighted by Crippen LogP contribution is 2.09. The van der Waals surface area contributed by atoms with E-state index in [1.807, 2.05) is 0 Å². The van der Waals surface area contributed by atoms with Crippen molar-refractivity contribution >= 4 is 15.9 Å². The molecule has 2 aromatic rings. The molecule has 1 aromatic carbocycles. The lowest BCUT2D eigenvalue weighted by Gasteiger charge is -2.04. The van der Waals surface area contributed by atoms with Crippen molar-refractivity contribution in [1.29, 1.82) is 0 Å². The highest BCUT2D eigenvalue weighted by atomic mass is 32.2. The minimum absolute atomic E-state index is 0.00186. The Morgan fingerprint density at radius 3 is 2.80 bits per heavy atom. The first kappa shape index (κ1) is 14.2. The molecule has 0 atom stereocenters. The Bertz CT molecular complexity index is 738. The molecule has 0 aliphatic rings. The lowest BCUT2D eigenvalue weighted by atomic mass is 10.2. The third kappa shape index (κ3) is 3.39. The number of H-pyrrole nitrogens is 1. The maximum Gasteiger partial charge on any atom is 0.291 e. The molecule has 1 heterocycles. The molecule has 0 radical (unpaired) electrons. The Morgan fingerprint density at radius 2 is 2.20 bits per heavy atom. The van der Waals surface area contributed by atoms with Gasteiger partial charge in [0.05, 0.1) is 4.90 Å². The van der Waals surface area contributed by atoms with Gasteiger partial charge in [0.1, 0.15) is 5.82 Å². The van der Waals surface area contributed by atoms with Crippen LogP contribution in [0.4, 0.5) is 0 Å². The summed E-state index contributed by atoms with van der Waals surface area (Å²) in [5.41, 5.74) is 0.608. The topological polar surface area (TPSA) is 131 Å². The number of carbonyl (C=O) groups is 1. The van der Waals surface area contributed by atoms with Crippen molar-refractivity contribution < 1.29 is 13.2 Å². The lowest BCUT2D eigenvalue weighted by Crippen LogP contribution is -2.24. The maximum absolute atomic E-state index is 11.7. The first-order valence-electron chi connectivity index (χ1n) is 5.65. The number of nitrogens with one attached hydrogen (secondary N) is 2. The van der Waals surface area contributed by atoms with Crippen molar-refractivity contribution in [1.82, 2.24) is 20.5 Å². The first-order chi connectivity index (χ1) is 9.36. The second-order valence-electron chi connectivity index (χ2n) is 4.12. The average molecular weight is 295 g/mol. The predicted molar refractivity (Wildman–Crippen MR) is 70.1 cm³/mol. The molecule has 0 saturated heterocycles. The number of carbonyl (C=O) groups excluding carboxylic acids is 1. The molecular formula is C11H13N5O3S. The summed E-state index contributed by atoms with van der Waals surface area (Å²) < 4.78 is 22.4. The third-order valence-electron chi connectivity index (χ3n) is 2.48. The predicted octanol–water partition coefficient (Wildman–Crippen LogP) is -0.309. The first-order valence-corrected chi connectivity index (χ1v) is 7.20. The van der Waals surface area contributed by atoms with Crippen LogP contribution in [0.15, 0.2) is 29.2 Å². The van der Waals surface area contributed by atoms with E-state index in [-0.39, 0.29) is 17.3 Å². The monoisotopic (exact) mass is 295 g/mol. The number of hydrogen-bond donors (Lipinski definition) is 3. The van der Waals surface area contributed by atoms with Crippen LogP contribution in [0, 0.1) is 6.92 Å². The van der Waals surface area contributed by atoms with Crippen LogP contribution in [0.25, 0.3) is 0 Å². The fraction of sp³-hybridized carbons (Fsp3) is 0.182. The number of aromatic nitrogens is 3. The van der Waals surface area contributed by atoms with Crippen LogP contribution in [-0.4, -0.2) is 29.5 Å². The minimum atomic E-state index is -3.76. The number of aryl methyl sites for hydroxylation is 1. The third-order valence-corrected chi connectivity index (χ3v) is 3.39. The normalized spacial score (nSPS) is 11.3. The van der Waals surface area contributed by atoms with Gasteiger partial charge in [-0.05, 0) is 24.6 Å². The van der Waals surface area contributed by atoms with Gasteiger partial charge in [-0.3, -0.25) is 9.89 Å². The number of amides is 1. The van der Waals surface area contributed by atoms with Crippen LogP contribution in [0.2, 0.25) is 0 Å².